The monoisotopic (exact) mass is 217 g/mol. The van der Waals surface area contributed by atoms with Crippen molar-refractivity contribution in [3.8, 4) is 5.75 Å². The highest BCUT2D eigenvalue weighted by molar-refractivity contribution is 5.44. The SMILES string of the molecule is CCc1cccc2c1OCCC2NC1CC1. The van der Waals surface area contributed by atoms with Crippen LogP contribution < -0.4 is 10.1 Å². The fraction of sp³-hybridized carbons (Fsp3) is 0.571. The molecule has 1 aromatic rings. The number of para-hydroxylation sites is 1. The molecule has 0 radical (unpaired) electrons. The average molecular weight is 217 g/mol. The molecule has 1 heterocycles. The second kappa shape index (κ2) is 4.10. The van der Waals surface area contributed by atoms with Crippen molar-refractivity contribution in [2.45, 2.75) is 44.7 Å². The van der Waals surface area contributed by atoms with Crippen molar-refractivity contribution < 1.29 is 4.74 Å². The largest absolute Gasteiger partial charge is 0.493 e. The van der Waals surface area contributed by atoms with Crippen LogP contribution in [0.1, 0.15) is 43.4 Å². The second-order valence-corrected chi connectivity index (χ2v) is 4.82. The zero-order chi connectivity index (χ0) is 11.0. The van der Waals surface area contributed by atoms with Crippen molar-refractivity contribution in [3.05, 3.63) is 29.3 Å². The Morgan fingerprint density at radius 1 is 1.31 bits per heavy atom. The number of aryl methyl sites for hydroxylation is 1. The first-order valence-electron chi connectivity index (χ1n) is 6.39. The smallest absolute Gasteiger partial charge is 0.127 e. The molecule has 86 valence electrons. The summed E-state index contributed by atoms with van der Waals surface area (Å²) in [5, 5.41) is 3.72. The summed E-state index contributed by atoms with van der Waals surface area (Å²) in [6.45, 7) is 3.05. The lowest BCUT2D eigenvalue weighted by atomic mass is 9.96. The zero-order valence-corrected chi connectivity index (χ0v) is 9.83. The Kier molecular flexibility index (Phi) is 2.60. The maximum Gasteiger partial charge on any atom is 0.127 e. The van der Waals surface area contributed by atoms with E-state index in [4.69, 9.17) is 4.74 Å². The summed E-state index contributed by atoms with van der Waals surface area (Å²) in [7, 11) is 0. The standard InChI is InChI=1S/C14H19NO/c1-2-10-4-3-5-12-13(15-11-6-7-11)8-9-16-14(10)12/h3-5,11,13,15H,2,6-9H2,1H3. The molecule has 1 aliphatic carbocycles. The first kappa shape index (κ1) is 10.2. The van der Waals surface area contributed by atoms with E-state index in [0.717, 1.165) is 31.2 Å². The van der Waals surface area contributed by atoms with Gasteiger partial charge in [-0.05, 0) is 24.8 Å². The lowest BCUT2D eigenvalue weighted by Crippen LogP contribution is -2.29. The van der Waals surface area contributed by atoms with Crippen LogP contribution in [-0.2, 0) is 6.42 Å². The Labute approximate surface area is 97.0 Å². The Morgan fingerprint density at radius 2 is 2.19 bits per heavy atom. The quantitative estimate of drug-likeness (QED) is 0.840. The van der Waals surface area contributed by atoms with Gasteiger partial charge in [0.05, 0.1) is 6.61 Å². The van der Waals surface area contributed by atoms with E-state index in [9.17, 15) is 0 Å². The van der Waals surface area contributed by atoms with Gasteiger partial charge in [-0.15, -0.1) is 0 Å². The summed E-state index contributed by atoms with van der Waals surface area (Å²) >= 11 is 0. The number of hydrogen-bond donors (Lipinski definition) is 1. The third-order valence-corrected chi connectivity index (χ3v) is 3.55. The second-order valence-electron chi connectivity index (χ2n) is 4.82. The highest BCUT2D eigenvalue weighted by atomic mass is 16.5. The number of nitrogens with one attached hydrogen (secondary N) is 1. The highest BCUT2D eigenvalue weighted by Crippen LogP contribution is 2.37. The summed E-state index contributed by atoms with van der Waals surface area (Å²) in [5.41, 5.74) is 2.72. The number of fused-ring (bicyclic) bond motifs is 1. The van der Waals surface area contributed by atoms with E-state index < -0.39 is 0 Å². The highest BCUT2D eigenvalue weighted by Gasteiger charge is 2.29. The van der Waals surface area contributed by atoms with E-state index in [2.05, 4.69) is 30.4 Å². The van der Waals surface area contributed by atoms with Crippen molar-refractivity contribution in [3.63, 3.8) is 0 Å². The maximum atomic E-state index is 5.84. The molecule has 0 amide bonds. The predicted octanol–water partition coefficient (Wildman–Crippen LogP) is 2.82. The van der Waals surface area contributed by atoms with E-state index in [1.165, 1.54) is 24.0 Å². The Morgan fingerprint density at radius 3 is 2.94 bits per heavy atom. The lowest BCUT2D eigenvalue weighted by Gasteiger charge is -2.28. The fourth-order valence-electron chi connectivity index (χ4n) is 2.48. The summed E-state index contributed by atoms with van der Waals surface area (Å²) in [6, 6.07) is 7.84. The van der Waals surface area contributed by atoms with Gasteiger partial charge in [-0.1, -0.05) is 25.1 Å². The normalized spacial score (nSPS) is 23.7. The number of hydrogen-bond acceptors (Lipinski definition) is 2. The topological polar surface area (TPSA) is 21.3 Å². The summed E-state index contributed by atoms with van der Waals surface area (Å²) in [4.78, 5) is 0. The van der Waals surface area contributed by atoms with Crippen LogP contribution in [0.2, 0.25) is 0 Å². The molecular weight excluding hydrogens is 198 g/mol. The number of benzene rings is 1. The fourth-order valence-corrected chi connectivity index (χ4v) is 2.48. The van der Waals surface area contributed by atoms with E-state index in [0.29, 0.717) is 6.04 Å². The molecule has 1 atom stereocenters. The van der Waals surface area contributed by atoms with Gasteiger partial charge in [0.15, 0.2) is 0 Å². The molecule has 2 nitrogen and oxygen atoms in total. The molecule has 2 aliphatic rings. The molecule has 16 heavy (non-hydrogen) atoms. The van der Waals surface area contributed by atoms with Gasteiger partial charge in [0.25, 0.3) is 0 Å². The molecule has 0 spiro atoms. The van der Waals surface area contributed by atoms with Crippen LogP contribution in [-0.4, -0.2) is 12.6 Å². The van der Waals surface area contributed by atoms with Crippen LogP contribution >= 0.6 is 0 Å². The van der Waals surface area contributed by atoms with Crippen LogP contribution in [0.4, 0.5) is 0 Å². The molecule has 0 saturated heterocycles. The van der Waals surface area contributed by atoms with Crippen LogP contribution in [0.15, 0.2) is 18.2 Å². The van der Waals surface area contributed by atoms with Crippen LogP contribution in [0, 0.1) is 0 Å². The minimum absolute atomic E-state index is 0.516. The van der Waals surface area contributed by atoms with Gasteiger partial charge in [0.1, 0.15) is 5.75 Å². The van der Waals surface area contributed by atoms with E-state index in [1.807, 2.05) is 0 Å². The minimum Gasteiger partial charge on any atom is -0.493 e. The van der Waals surface area contributed by atoms with Gasteiger partial charge >= 0.3 is 0 Å². The van der Waals surface area contributed by atoms with Crippen molar-refractivity contribution in [1.82, 2.24) is 5.32 Å². The minimum atomic E-state index is 0.516. The zero-order valence-electron chi connectivity index (χ0n) is 9.83. The van der Waals surface area contributed by atoms with Crippen LogP contribution in [0.3, 0.4) is 0 Å². The van der Waals surface area contributed by atoms with E-state index in [1.54, 1.807) is 0 Å². The summed E-state index contributed by atoms with van der Waals surface area (Å²) in [5.74, 6) is 1.15. The molecule has 2 heteroatoms. The first-order valence-corrected chi connectivity index (χ1v) is 6.39. The summed E-state index contributed by atoms with van der Waals surface area (Å²) < 4.78 is 5.84. The Bertz CT molecular complexity index is 384. The molecule has 1 aliphatic heterocycles. The molecule has 1 unspecified atom stereocenters. The Hall–Kier alpha value is -1.02. The Balaban J connectivity index is 1.91. The van der Waals surface area contributed by atoms with Gasteiger partial charge in [-0.2, -0.15) is 0 Å². The third-order valence-electron chi connectivity index (χ3n) is 3.55. The van der Waals surface area contributed by atoms with Crippen LogP contribution in [0.25, 0.3) is 0 Å². The van der Waals surface area contributed by atoms with Gasteiger partial charge in [0, 0.05) is 24.1 Å². The molecule has 1 N–H and O–H groups in total. The van der Waals surface area contributed by atoms with Gasteiger partial charge in [-0.3, -0.25) is 0 Å². The molecule has 1 saturated carbocycles. The van der Waals surface area contributed by atoms with E-state index >= 15 is 0 Å². The first-order chi connectivity index (χ1) is 7.88. The molecule has 1 aromatic carbocycles. The average Bonchev–Trinajstić information content (AvgIpc) is 3.13. The van der Waals surface area contributed by atoms with Crippen LogP contribution in [0.5, 0.6) is 5.75 Å². The lowest BCUT2D eigenvalue weighted by molar-refractivity contribution is 0.249. The van der Waals surface area contributed by atoms with Crippen molar-refractivity contribution >= 4 is 0 Å². The number of ether oxygens (including phenoxy) is 1. The summed E-state index contributed by atoms with van der Waals surface area (Å²) in [6.07, 6.45) is 4.86. The van der Waals surface area contributed by atoms with Gasteiger partial charge < -0.3 is 10.1 Å². The van der Waals surface area contributed by atoms with E-state index in [-0.39, 0.29) is 0 Å². The third kappa shape index (κ3) is 1.82. The van der Waals surface area contributed by atoms with Crippen molar-refractivity contribution in [1.29, 1.82) is 0 Å². The molecule has 3 rings (SSSR count). The van der Waals surface area contributed by atoms with Crippen molar-refractivity contribution in [2.75, 3.05) is 6.61 Å². The predicted molar refractivity (Wildman–Crippen MR) is 64.8 cm³/mol. The number of rotatable bonds is 3. The van der Waals surface area contributed by atoms with Gasteiger partial charge in [0.2, 0.25) is 0 Å². The maximum absolute atomic E-state index is 5.84. The molecule has 0 bridgehead atoms. The molecular formula is C14H19NO. The van der Waals surface area contributed by atoms with Crippen molar-refractivity contribution in [2.24, 2.45) is 0 Å². The molecule has 1 fully saturated rings. The molecule has 0 aromatic heterocycles. The van der Waals surface area contributed by atoms with Gasteiger partial charge in [-0.25, -0.2) is 0 Å².